The molecule has 4 aliphatic rings. The summed E-state index contributed by atoms with van der Waals surface area (Å²) in [6.45, 7) is 3.13. The molecule has 2 amide bonds. The summed E-state index contributed by atoms with van der Waals surface area (Å²) < 4.78 is 6.07. The molecule has 6 heteroatoms. The van der Waals surface area contributed by atoms with Gasteiger partial charge in [0.05, 0.1) is 6.54 Å². The van der Waals surface area contributed by atoms with Crippen molar-refractivity contribution in [1.82, 2.24) is 15.1 Å². The molecule has 6 nitrogen and oxygen atoms in total. The van der Waals surface area contributed by atoms with E-state index in [1.165, 1.54) is 0 Å². The van der Waals surface area contributed by atoms with Gasteiger partial charge in [-0.25, -0.2) is 0 Å². The molecule has 4 saturated heterocycles. The minimum Gasteiger partial charge on any atom is -0.489 e. The van der Waals surface area contributed by atoms with Gasteiger partial charge in [0.2, 0.25) is 11.8 Å². The van der Waals surface area contributed by atoms with Crippen molar-refractivity contribution in [3.8, 4) is 5.75 Å². The predicted molar refractivity (Wildman–Crippen MR) is 105 cm³/mol. The molecule has 2 bridgehead atoms. The van der Waals surface area contributed by atoms with Gasteiger partial charge in [-0.2, -0.15) is 0 Å². The summed E-state index contributed by atoms with van der Waals surface area (Å²) in [7, 11) is 0. The van der Waals surface area contributed by atoms with E-state index in [-0.39, 0.29) is 35.9 Å². The highest BCUT2D eigenvalue weighted by Gasteiger charge is 2.51. The lowest BCUT2D eigenvalue weighted by Gasteiger charge is -2.54. The van der Waals surface area contributed by atoms with Crippen LogP contribution in [0.4, 0.5) is 0 Å². The van der Waals surface area contributed by atoms with Crippen LogP contribution in [0.1, 0.15) is 32.1 Å². The van der Waals surface area contributed by atoms with Crippen molar-refractivity contribution in [3.63, 3.8) is 0 Å². The van der Waals surface area contributed by atoms with Crippen LogP contribution in [-0.4, -0.2) is 66.0 Å². The number of benzene rings is 1. The molecule has 1 aromatic rings. The second kappa shape index (κ2) is 7.39. The minimum atomic E-state index is -0.294. The van der Waals surface area contributed by atoms with E-state index < -0.39 is 0 Å². The summed E-state index contributed by atoms with van der Waals surface area (Å²) in [5.41, 5.74) is 0. The first-order chi connectivity index (χ1) is 13.7. The van der Waals surface area contributed by atoms with Crippen LogP contribution in [0, 0.1) is 11.8 Å². The number of carbonyl (C=O) groups is 2. The van der Waals surface area contributed by atoms with Gasteiger partial charge in [0.25, 0.3) is 0 Å². The molecular weight excluding hydrogens is 354 g/mol. The molecule has 4 aliphatic heterocycles. The average molecular weight is 383 g/mol. The number of piperidine rings is 3. The van der Waals surface area contributed by atoms with Gasteiger partial charge >= 0.3 is 0 Å². The minimum absolute atomic E-state index is 0.0278. The molecule has 1 aromatic carbocycles. The van der Waals surface area contributed by atoms with Gasteiger partial charge in [-0.3, -0.25) is 9.59 Å². The maximum absolute atomic E-state index is 13.5. The van der Waals surface area contributed by atoms with Crippen LogP contribution in [0.5, 0.6) is 5.75 Å². The zero-order valence-electron chi connectivity index (χ0n) is 16.3. The van der Waals surface area contributed by atoms with Gasteiger partial charge in [-0.05, 0) is 43.9 Å². The molecule has 4 fully saturated rings. The number of nitrogens with zero attached hydrogens (tertiary/aromatic N) is 2. The fraction of sp³-hybridized carbons (Fsp3) is 0.636. The van der Waals surface area contributed by atoms with E-state index in [0.717, 1.165) is 44.5 Å². The average Bonchev–Trinajstić information content (AvgIpc) is 3.18. The van der Waals surface area contributed by atoms with Gasteiger partial charge in [0.1, 0.15) is 17.9 Å². The number of para-hydroxylation sites is 1. The van der Waals surface area contributed by atoms with Crippen molar-refractivity contribution in [2.24, 2.45) is 11.8 Å². The van der Waals surface area contributed by atoms with Gasteiger partial charge in [0, 0.05) is 37.9 Å². The fourth-order valence-electron chi connectivity index (χ4n) is 5.73. The normalized spacial score (nSPS) is 34.9. The van der Waals surface area contributed by atoms with Crippen LogP contribution in [-0.2, 0) is 9.59 Å². The molecule has 4 heterocycles. The second-order valence-electron chi connectivity index (χ2n) is 8.75. The largest absolute Gasteiger partial charge is 0.489 e. The number of likely N-dealkylation sites (tertiary alicyclic amines) is 1. The Labute approximate surface area is 166 Å². The van der Waals surface area contributed by atoms with Crippen molar-refractivity contribution in [2.45, 2.75) is 50.3 Å². The Morgan fingerprint density at radius 1 is 1.11 bits per heavy atom. The molecule has 0 aliphatic carbocycles. The summed E-state index contributed by atoms with van der Waals surface area (Å²) in [6, 6.07) is 9.74. The number of nitrogens with one attached hydrogen (secondary N) is 1. The number of hydrogen-bond acceptors (Lipinski definition) is 4. The Balaban J connectivity index is 1.31. The lowest BCUT2D eigenvalue weighted by atomic mass is 9.72. The predicted octanol–water partition coefficient (Wildman–Crippen LogP) is 1.66. The Morgan fingerprint density at radius 2 is 1.93 bits per heavy atom. The van der Waals surface area contributed by atoms with E-state index in [2.05, 4.69) is 5.32 Å². The second-order valence-corrected chi connectivity index (χ2v) is 8.75. The summed E-state index contributed by atoms with van der Waals surface area (Å²) in [4.78, 5) is 30.3. The first-order valence-electron chi connectivity index (χ1n) is 10.7. The molecule has 5 rings (SSSR count). The molecule has 0 radical (unpaired) electrons. The lowest BCUT2D eigenvalue weighted by molar-refractivity contribution is -0.161. The highest BCUT2D eigenvalue weighted by molar-refractivity contribution is 5.89. The SMILES string of the molecule is O=C([C@H]1[C@@H]2CNC[C@@H](C2)[C@@H]2CCCC(=O)N21)N1CC[C@@H](Oc2ccccc2)C1. The molecule has 5 atom stereocenters. The number of fused-ring (bicyclic) bond motifs is 4. The zero-order valence-corrected chi connectivity index (χ0v) is 16.3. The molecule has 0 saturated carbocycles. The van der Waals surface area contributed by atoms with E-state index in [4.69, 9.17) is 4.74 Å². The first kappa shape index (κ1) is 18.0. The van der Waals surface area contributed by atoms with E-state index in [0.29, 0.717) is 25.4 Å². The number of rotatable bonds is 3. The van der Waals surface area contributed by atoms with Gasteiger partial charge in [-0.1, -0.05) is 18.2 Å². The third-order valence-electron chi connectivity index (χ3n) is 7.00. The maximum Gasteiger partial charge on any atom is 0.245 e. The smallest absolute Gasteiger partial charge is 0.245 e. The van der Waals surface area contributed by atoms with Crippen LogP contribution in [0.3, 0.4) is 0 Å². The fourth-order valence-corrected chi connectivity index (χ4v) is 5.73. The summed E-state index contributed by atoms with van der Waals surface area (Å²) in [5.74, 6) is 1.90. The molecule has 150 valence electrons. The van der Waals surface area contributed by atoms with Crippen molar-refractivity contribution >= 4 is 11.8 Å². The van der Waals surface area contributed by atoms with Gasteiger partial charge in [-0.15, -0.1) is 0 Å². The molecule has 0 aromatic heterocycles. The summed E-state index contributed by atoms with van der Waals surface area (Å²) in [6.07, 6.45) is 4.52. The topological polar surface area (TPSA) is 61.9 Å². The van der Waals surface area contributed by atoms with E-state index in [1.807, 2.05) is 40.1 Å². The van der Waals surface area contributed by atoms with Crippen LogP contribution < -0.4 is 10.1 Å². The van der Waals surface area contributed by atoms with Crippen molar-refractivity contribution < 1.29 is 14.3 Å². The monoisotopic (exact) mass is 383 g/mol. The Hall–Kier alpha value is -2.08. The number of amides is 2. The summed E-state index contributed by atoms with van der Waals surface area (Å²) >= 11 is 0. The number of carbonyl (C=O) groups excluding carboxylic acids is 2. The van der Waals surface area contributed by atoms with E-state index in [1.54, 1.807) is 0 Å². The number of hydrogen-bond donors (Lipinski definition) is 1. The highest BCUT2D eigenvalue weighted by atomic mass is 16.5. The molecule has 0 unspecified atom stereocenters. The molecule has 0 spiro atoms. The van der Waals surface area contributed by atoms with Crippen molar-refractivity contribution in [2.75, 3.05) is 26.2 Å². The summed E-state index contributed by atoms with van der Waals surface area (Å²) in [5, 5.41) is 3.52. The van der Waals surface area contributed by atoms with E-state index in [9.17, 15) is 9.59 Å². The van der Waals surface area contributed by atoms with Crippen LogP contribution in [0.25, 0.3) is 0 Å². The number of ether oxygens (including phenoxy) is 1. The van der Waals surface area contributed by atoms with Crippen LogP contribution >= 0.6 is 0 Å². The lowest BCUT2D eigenvalue weighted by Crippen LogP contribution is -2.68. The Kier molecular flexibility index (Phi) is 4.75. The van der Waals surface area contributed by atoms with Crippen molar-refractivity contribution in [1.29, 1.82) is 0 Å². The standard InChI is InChI=1S/C22H29N3O3/c26-20-8-4-7-19-15-11-16(13-23-12-15)21(25(19)20)22(27)24-10-9-18(14-24)28-17-5-2-1-3-6-17/h1-3,5-6,15-16,18-19,21,23H,4,7-14H2/t15-,16+,18-,19+,21-/m1/s1. The van der Waals surface area contributed by atoms with Crippen molar-refractivity contribution in [3.05, 3.63) is 30.3 Å². The zero-order chi connectivity index (χ0) is 19.1. The highest BCUT2D eigenvalue weighted by Crippen LogP contribution is 2.40. The quantitative estimate of drug-likeness (QED) is 0.862. The Bertz CT molecular complexity index is 740. The first-order valence-corrected chi connectivity index (χ1v) is 10.7. The van der Waals surface area contributed by atoms with Gasteiger partial charge in [0.15, 0.2) is 0 Å². The van der Waals surface area contributed by atoms with Crippen LogP contribution in [0.15, 0.2) is 30.3 Å². The molecule has 28 heavy (non-hydrogen) atoms. The molecule has 1 N–H and O–H groups in total. The van der Waals surface area contributed by atoms with E-state index >= 15 is 0 Å². The van der Waals surface area contributed by atoms with Crippen LogP contribution in [0.2, 0.25) is 0 Å². The third kappa shape index (κ3) is 3.17. The third-order valence-corrected chi connectivity index (χ3v) is 7.00. The Morgan fingerprint density at radius 3 is 2.79 bits per heavy atom. The van der Waals surface area contributed by atoms with Gasteiger partial charge < -0.3 is 19.9 Å². The maximum atomic E-state index is 13.5. The molecular formula is C22H29N3O3.